The molecule has 0 unspecified atom stereocenters. The molecule has 0 aliphatic rings. The van der Waals surface area contributed by atoms with E-state index in [1.807, 2.05) is 0 Å². The Bertz CT molecular complexity index is 91.3. The minimum Gasteiger partial charge on any atom is -0.300 e. The zero-order chi connectivity index (χ0) is 7.82. The lowest BCUT2D eigenvalue weighted by atomic mass is 10.1. The van der Waals surface area contributed by atoms with Crippen LogP contribution in [0.15, 0.2) is 0 Å². The molecule has 0 N–H and O–H groups in total. The van der Waals surface area contributed by atoms with Crippen molar-refractivity contribution in [3.8, 4) is 0 Å². The van der Waals surface area contributed by atoms with Crippen molar-refractivity contribution in [1.82, 2.24) is 0 Å². The molecule has 0 saturated heterocycles. The fourth-order valence-electron chi connectivity index (χ4n) is 0.822. The summed E-state index contributed by atoms with van der Waals surface area (Å²) in [6.07, 6.45) is 4.15. The smallest absolute Gasteiger partial charge is 0.129 e. The summed E-state index contributed by atoms with van der Waals surface area (Å²) in [5.41, 5.74) is 0. The monoisotopic (exact) mass is 146 g/mol. The van der Waals surface area contributed by atoms with E-state index < -0.39 is 0 Å². The fourth-order valence-corrected chi connectivity index (χ4v) is 0.822. The summed E-state index contributed by atoms with van der Waals surface area (Å²) in [6, 6.07) is 0. The van der Waals surface area contributed by atoms with Gasteiger partial charge in [0.1, 0.15) is 5.78 Å². The van der Waals surface area contributed by atoms with Crippen LogP contribution < -0.4 is 0 Å². The Labute approximate surface area is 61.6 Å². The molecule has 0 fully saturated rings. The molecule has 0 aromatic carbocycles. The van der Waals surface area contributed by atoms with Gasteiger partial charge in [-0.15, -0.1) is 0 Å². The number of ketones is 1. The van der Waals surface area contributed by atoms with Gasteiger partial charge in [-0.2, -0.15) is 0 Å². The van der Waals surface area contributed by atoms with Crippen molar-refractivity contribution in [3.63, 3.8) is 0 Å². The van der Waals surface area contributed by atoms with E-state index in [4.69, 9.17) is 0 Å². The molecule has 0 spiro atoms. The number of carbonyl (C=O) groups is 1. The molecule has 0 radical (unpaired) electrons. The molecule has 0 bridgehead atoms. The third-order valence-electron chi connectivity index (χ3n) is 1.41. The largest absolute Gasteiger partial charge is 0.300 e. The van der Waals surface area contributed by atoms with Gasteiger partial charge in [0.2, 0.25) is 0 Å². The van der Waals surface area contributed by atoms with Crippen molar-refractivity contribution in [2.75, 3.05) is 6.67 Å². The number of hydrogen-bond donors (Lipinski definition) is 0. The lowest BCUT2D eigenvalue weighted by Crippen LogP contribution is -1.89. The predicted octanol–water partition coefficient (Wildman–Crippen LogP) is 2.50. The van der Waals surface area contributed by atoms with E-state index >= 15 is 0 Å². The molecular formula is C8H15FO. The number of hydrogen-bond acceptors (Lipinski definition) is 1. The fraction of sp³-hybridized carbons (Fsp3) is 0.875. The first-order chi connectivity index (χ1) is 4.77. The predicted molar refractivity (Wildman–Crippen MR) is 39.7 cm³/mol. The van der Waals surface area contributed by atoms with E-state index in [2.05, 4.69) is 0 Å². The van der Waals surface area contributed by atoms with Gasteiger partial charge in [0.15, 0.2) is 0 Å². The second kappa shape index (κ2) is 6.72. The lowest BCUT2D eigenvalue weighted by molar-refractivity contribution is -0.117. The highest BCUT2D eigenvalue weighted by molar-refractivity contribution is 5.75. The van der Waals surface area contributed by atoms with Crippen molar-refractivity contribution in [2.24, 2.45) is 0 Å². The van der Waals surface area contributed by atoms with Crippen molar-refractivity contribution < 1.29 is 9.18 Å². The van der Waals surface area contributed by atoms with Crippen LogP contribution >= 0.6 is 0 Å². The van der Waals surface area contributed by atoms with E-state index in [0.29, 0.717) is 12.8 Å². The van der Waals surface area contributed by atoms with E-state index in [9.17, 15) is 9.18 Å². The number of unbranched alkanes of at least 4 members (excludes halogenated alkanes) is 3. The highest BCUT2D eigenvalue weighted by Crippen LogP contribution is 2.02. The van der Waals surface area contributed by atoms with Gasteiger partial charge in [-0.05, 0) is 19.8 Å². The van der Waals surface area contributed by atoms with Crippen LogP contribution in [-0.4, -0.2) is 12.5 Å². The van der Waals surface area contributed by atoms with Crippen LogP contribution in [0.4, 0.5) is 4.39 Å². The van der Waals surface area contributed by atoms with Crippen LogP contribution in [-0.2, 0) is 4.79 Å². The van der Waals surface area contributed by atoms with Gasteiger partial charge in [0.25, 0.3) is 0 Å². The Balaban J connectivity index is 2.84. The molecule has 0 rings (SSSR count). The first-order valence-electron chi connectivity index (χ1n) is 3.82. The summed E-state index contributed by atoms with van der Waals surface area (Å²) in [4.78, 5) is 10.4. The number of rotatable bonds is 6. The van der Waals surface area contributed by atoms with Gasteiger partial charge in [-0.25, -0.2) is 0 Å². The van der Waals surface area contributed by atoms with Crippen molar-refractivity contribution in [1.29, 1.82) is 0 Å². The quantitative estimate of drug-likeness (QED) is 0.526. The van der Waals surface area contributed by atoms with Crippen LogP contribution in [0.2, 0.25) is 0 Å². The first-order valence-corrected chi connectivity index (χ1v) is 3.82. The molecule has 0 atom stereocenters. The van der Waals surface area contributed by atoms with Crippen LogP contribution in [0, 0.1) is 0 Å². The molecule has 0 amide bonds. The molecule has 60 valence electrons. The average molecular weight is 146 g/mol. The minimum absolute atomic E-state index is 0.222. The maximum atomic E-state index is 11.5. The molecule has 0 heterocycles. The number of alkyl halides is 1. The Morgan fingerprint density at radius 1 is 1.20 bits per heavy atom. The highest BCUT2D eigenvalue weighted by Gasteiger charge is 1.92. The third-order valence-corrected chi connectivity index (χ3v) is 1.41. The average Bonchev–Trinajstić information content (AvgIpc) is 1.87. The zero-order valence-corrected chi connectivity index (χ0v) is 6.53. The lowest BCUT2D eigenvalue weighted by Gasteiger charge is -1.94. The standard InChI is InChI=1S/C8H15FO/c1-8(10)6-4-2-3-5-7-9/h2-7H2,1H3. The van der Waals surface area contributed by atoms with E-state index in [-0.39, 0.29) is 12.5 Å². The molecular weight excluding hydrogens is 131 g/mol. The van der Waals surface area contributed by atoms with Crippen LogP contribution in [0.1, 0.15) is 39.0 Å². The molecule has 0 aliphatic carbocycles. The second-order valence-electron chi connectivity index (χ2n) is 2.56. The van der Waals surface area contributed by atoms with Gasteiger partial charge in [-0.3, -0.25) is 4.39 Å². The van der Waals surface area contributed by atoms with E-state index in [1.165, 1.54) is 0 Å². The minimum atomic E-state index is -0.222. The van der Waals surface area contributed by atoms with Gasteiger partial charge in [0, 0.05) is 6.42 Å². The Kier molecular flexibility index (Phi) is 6.45. The molecule has 0 aliphatic heterocycles. The summed E-state index contributed by atoms with van der Waals surface area (Å²) in [5.74, 6) is 0.236. The Hall–Kier alpha value is -0.400. The highest BCUT2D eigenvalue weighted by atomic mass is 19.1. The van der Waals surface area contributed by atoms with Gasteiger partial charge < -0.3 is 4.79 Å². The summed E-state index contributed by atoms with van der Waals surface area (Å²) in [7, 11) is 0. The summed E-state index contributed by atoms with van der Waals surface area (Å²) >= 11 is 0. The number of halogens is 1. The topological polar surface area (TPSA) is 17.1 Å². The third kappa shape index (κ3) is 7.60. The van der Waals surface area contributed by atoms with Crippen molar-refractivity contribution >= 4 is 5.78 Å². The Morgan fingerprint density at radius 3 is 2.30 bits per heavy atom. The normalized spacial score (nSPS) is 9.80. The van der Waals surface area contributed by atoms with E-state index in [0.717, 1.165) is 19.3 Å². The molecule has 0 aromatic heterocycles. The summed E-state index contributed by atoms with van der Waals surface area (Å²) < 4.78 is 11.5. The van der Waals surface area contributed by atoms with Crippen molar-refractivity contribution in [2.45, 2.75) is 39.0 Å². The second-order valence-corrected chi connectivity index (χ2v) is 2.56. The number of Topliss-reactive ketones (excluding diaryl/α,β-unsaturated/α-hetero) is 1. The first kappa shape index (κ1) is 9.60. The molecule has 1 nitrogen and oxygen atoms in total. The van der Waals surface area contributed by atoms with Crippen LogP contribution in [0.25, 0.3) is 0 Å². The Morgan fingerprint density at radius 2 is 1.80 bits per heavy atom. The van der Waals surface area contributed by atoms with Gasteiger partial charge >= 0.3 is 0 Å². The molecule has 10 heavy (non-hydrogen) atoms. The van der Waals surface area contributed by atoms with E-state index in [1.54, 1.807) is 6.92 Å². The molecule has 2 heteroatoms. The van der Waals surface area contributed by atoms with Crippen LogP contribution in [0.3, 0.4) is 0 Å². The maximum Gasteiger partial charge on any atom is 0.129 e. The SMILES string of the molecule is CC(=O)CCCCCCF. The van der Waals surface area contributed by atoms with Crippen molar-refractivity contribution in [3.05, 3.63) is 0 Å². The summed E-state index contributed by atoms with van der Waals surface area (Å²) in [5, 5.41) is 0. The zero-order valence-electron chi connectivity index (χ0n) is 6.53. The summed E-state index contributed by atoms with van der Waals surface area (Å²) in [6.45, 7) is 1.37. The number of carbonyl (C=O) groups excluding carboxylic acids is 1. The molecule has 0 aromatic rings. The maximum absolute atomic E-state index is 11.5. The van der Waals surface area contributed by atoms with Gasteiger partial charge in [0.05, 0.1) is 6.67 Å². The van der Waals surface area contributed by atoms with Crippen LogP contribution in [0.5, 0.6) is 0 Å². The van der Waals surface area contributed by atoms with Gasteiger partial charge in [-0.1, -0.05) is 12.8 Å². The molecule has 0 saturated carbocycles.